The van der Waals surface area contributed by atoms with Gasteiger partial charge >= 0.3 is 0 Å². The molecule has 1 aliphatic rings. The van der Waals surface area contributed by atoms with Crippen LogP contribution in [0.5, 0.6) is 0 Å². The average Bonchev–Trinajstić information content (AvgIpc) is 2.63. The van der Waals surface area contributed by atoms with Gasteiger partial charge in [-0.25, -0.2) is 4.57 Å². The number of nitrogens with zero attached hydrogens (tertiary/aromatic N) is 2. The summed E-state index contributed by atoms with van der Waals surface area (Å²) in [6.45, 7) is 0. The molecule has 0 amide bonds. The molecular formula is C9H16N2S+2. The maximum absolute atomic E-state index is 2.31. The Morgan fingerprint density at radius 2 is 2.17 bits per heavy atom. The van der Waals surface area contributed by atoms with Crippen LogP contribution in [0.1, 0.15) is 12.8 Å². The van der Waals surface area contributed by atoms with Gasteiger partial charge in [-0.1, -0.05) is 0 Å². The van der Waals surface area contributed by atoms with Crippen molar-refractivity contribution in [2.24, 2.45) is 7.05 Å². The van der Waals surface area contributed by atoms with Crippen LogP contribution in [0.25, 0.3) is 0 Å². The van der Waals surface area contributed by atoms with Gasteiger partial charge in [-0.3, -0.25) is 0 Å². The van der Waals surface area contributed by atoms with Crippen molar-refractivity contribution in [1.29, 1.82) is 0 Å². The molecule has 0 bridgehead atoms. The molecule has 0 saturated carbocycles. The van der Waals surface area contributed by atoms with Crippen LogP contribution in [-0.2, 0) is 23.8 Å². The molecule has 2 rings (SSSR count). The maximum Gasteiger partial charge on any atom is 0.247 e. The highest BCUT2D eigenvalue weighted by Crippen LogP contribution is 2.14. The lowest BCUT2D eigenvalue weighted by atomic mass is 10.4. The molecule has 0 spiro atoms. The van der Waals surface area contributed by atoms with Crippen LogP contribution < -0.4 is 4.57 Å². The van der Waals surface area contributed by atoms with Gasteiger partial charge in [0, 0.05) is 10.9 Å². The van der Waals surface area contributed by atoms with Crippen LogP contribution in [0.15, 0.2) is 18.7 Å². The molecule has 2 nitrogen and oxygen atoms in total. The van der Waals surface area contributed by atoms with Crippen molar-refractivity contribution in [1.82, 2.24) is 4.57 Å². The van der Waals surface area contributed by atoms with Gasteiger partial charge in [0.15, 0.2) is 0 Å². The third kappa shape index (κ3) is 1.83. The molecule has 1 aromatic heterocycles. The standard InChI is InChI=1S/C9H16N2S/c1-10-4-5-11(8-10)9-12-6-2-3-7-12/h4-5,8H,2-3,6-7,9H2,1H3/q+2. The van der Waals surface area contributed by atoms with Gasteiger partial charge in [0.25, 0.3) is 0 Å². The second-order valence-corrected chi connectivity index (χ2v) is 5.75. The van der Waals surface area contributed by atoms with Gasteiger partial charge in [-0.15, -0.1) is 0 Å². The van der Waals surface area contributed by atoms with Crippen molar-refractivity contribution in [2.75, 3.05) is 11.5 Å². The molecule has 1 fully saturated rings. The van der Waals surface area contributed by atoms with E-state index in [0.29, 0.717) is 10.9 Å². The minimum atomic E-state index is 0.685. The van der Waals surface area contributed by atoms with Crippen molar-refractivity contribution in [3.63, 3.8) is 0 Å². The Bertz CT molecular complexity index is 251. The molecule has 3 heteroatoms. The van der Waals surface area contributed by atoms with E-state index >= 15 is 0 Å². The van der Waals surface area contributed by atoms with E-state index in [0.717, 1.165) is 0 Å². The summed E-state index contributed by atoms with van der Waals surface area (Å²) in [5.41, 5.74) is 0. The quantitative estimate of drug-likeness (QED) is 0.472. The summed E-state index contributed by atoms with van der Waals surface area (Å²) in [4.78, 5) is 0. The summed E-state index contributed by atoms with van der Waals surface area (Å²) in [6.07, 6.45) is 9.36. The van der Waals surface area contributed by atoms with Crippen molar-refractivity contribution >= 4 is 10.9 Å². The first-order valence-electron chi connectivity index (χ1n) is 4.50. The Morgan fingerprint density at radius 3 is 2.75 bits per heavy atom. The van der Waals surface area contributed by atoms with E-state index in [1.165, 1.54) is 30.2 Å². The van der Waals surface area contributed by atoms with Crippen molar-refractivity contribution in [3.8, 4) is 0 Å². The van der Waals surface area contributed by atoms with E-state index in [1.807, 2.05) is 0 Å². The van der Waals surface area contributed by atoms with Crippen LogP contribution in [-0.4, -0.2) is 16.1 Å². The van der Waals surface area contributed by atoms with E-state index in [4.69, 9.17) is 0 Å². The fourth-order valence-electron chi connectivity index (χ4n) is 1.63. The smallest absolute Gasteiger partial charge is 0.239 e. The summed E-state index contributed by atoms with van der Waals surface area (Å²) >= 11 is 0. The molecule has 66 valence electrons. The zero-order valence-electron chi connectivity index (χ0n) is 7.57. The Morgan fingerprint density at radius 1 is 1.42 bits per heavy atom. The average molecular weight is 184 g/mol. The molecule has 1 aromatic rings. The summed E-state index contributed by atoms with van der Waals surface area (Å²) in [5.74, 6) is 4.17. The van der Waals surface area contributed by atoms with E-state index in [2.05, 4.69) is 34.9 Å². The maximum atomic E-state index is 2.31. The highest BCUT2D eigenvalue weighted by atomic mass is 32.2. The topological polar surface area (TPSA) is 8.81 Å². The van der Waals surface area contributed by atoms with E-state index in [9.17, 15) is 0 Å². The van der Waals surface area contributed by atoms with E-state index in [1.54, 1.807) is 0 Å². The molecular weight excluding hydrogens is 168 g/mol. The zero-order chi connectivity index (χ0) is 8.39. The number of rotatable bonds is 2. The first kappa shape index (κ1) is 8.17. The minimum Gasteiger partial charge on any atom is -0.239 e. The molecule has 2 heterocycles. The molecule has 1 saturated heterocycles. The second kappa shape index (κ2) is 3.52. The highest BCUT2D eigenvalue weighted by Gasteiger charge is 2.26. The normalized spacial score (nSPS) is 18.8. The third-order valence-electron chi connectivity index (χ3n) is 2.27. The molecule has 0 unspecified atom stereocenters. The van der Waals surface area contributed by atoms with E-state index in [-0.39, 0.29) is 0 Å². The van der Waals surface area contributed by atoms with Crippen LogP contribution >= 0.6 is 0 Å². The number of aromatic nitrogens is 2. The van der Waals surface area contributed by atoms with Crippen LogP contribution in [0.2, 0.25) is 0 Å². The first-order chi connectivity index (χ1) is 5.84. The summed E-state index contributed by atoms with van der Waals surface area (Å²) in [7, 11) is 2.76. The molecule has 0 radical (unpaired) electrons. The fraction of sp³-hybridized carbons (Fsp3) is 0.667. The highest BCUT2D eigenvalue weighted by molar-refractivity contribution is 7.96. The van der Waals surface area contributed by atoms with E-state index < -0.39 is 0 Å². The Balaban J connectivity index is 1.94. The SMILES string of the molecule is C[n+]1ccn(C[S+]2CCCC2)c1. The predicted molar refractivity (Wildman–Crippen MR) is 51.9 cm³/mol. The van der Waals surface area contributed by atoms with Gasteiger partial charge in [0.05, 0.1) is 7.05 Å². The van der Waals surface area contributed by atoms with Crippen molar-refractivity contribution in [3.05, 3.63) is 18.7 Å². The lowest BCUT2D eigenvalue weighted by Gasteiger charge is -1.95. The lowest BCUT2D eigenvalue weighted by molar-refractivity contribution is -0.670. The van der Waals surface area contributed by atoms with Crippen LogP contribution in [0.4, 0.5) is 0 Å². The monoisotopic (exact) mass is 184 g/mol. The minimum absolute atomic E-state index is 0.685. The summed E-state index contributed by atoms with van der Waals surface area (Å²) in [6, 6.07) is 0. The molecule has 1 aliphatic heterocycles. The molecule has 0 aromatic carbocycles. The lowest BCUT2D eigenvalue weighted by Crippen LogP contribution is -2.24. The number of aryl methyl sites for hydroxylation is 1. The zero-order valence-corrected chi connectivity index (χ0v) is 8.39. The van der Waals surface area contributed by atoms with Gasteiger partial charge in [0.2, 0.25) is 12.2 Å². The largest absolute Gasteiger partial charge is 0.247 e. The van der Waals surface area contributed by atoms with Crippen molar-refractivity contribution in [2.45, 2.75) is 18.7 Å². The van der Waals surface area contributed by atoms with Gasteiger partial charge in [0.1, 0.15) is 23.9 Å². The van der Waals surface area contributed by atoms with Crippen LogP contribution in [0, 0.1) is 0 Å². The van der Waals surface area contributed by atoms with Gasteiger partial charge in [-0.2, -0.15) is 4.57 Å². The number of imidazole rings is 1. The van der Waals surface area contributed by atoms with Crippen molar-refractivity contribution < 1.29 is 4.57 Å². The number of hydrogen-bond acceptors (Lipinski definition) is 0. The third-order valence-corrected chi connectivity index (χ3v) is 4.67. The Hall–Kier alpha value is -0.440. The Kier molecular flexibility index (Phi) is 2.40. The van der Waals surface area contributed by atoms with Crippen LogP contribution in [0.3, 0.4) is 0 Å². The molecule has 0 atom stereocenters. The summed E-state index contributed by atoms with van der Waals surface area (Å²) < 4.78 is 4.42. The molecule has 0 N–H and O–H groups in total. The molecule has 12 heavy (non-hydrogen) atoms. The fourth-order valence-corrected chi connectivity index (χ4v) is 3.89. The first-order valence-corrected chi connectivity index (χ1v) is 6.23. The Labute approximate surface area is 76.6 Å². The predicted octanol–water partition coefficient (Wildman–Crippen LogP) is 0.682. The van der Waals surface area contributed by atoms with Gasteiger partial charge in [-0.05, 0) is 12.8 Å². The second-order valence-electron chi connectivity index (χ2n) is 3.45. The summed E-state index contributed by atoms with van der Waals surface area (Å²) in [5, 5.41) is 0. The van der Waals surface area contributed by atoms with Gasteiger partial charge < -0.3 is 0 Å². The molecule has 0 aliphatic carbocycles. The number of hydrogen-bond donors (Lipinski definition) is 0.